The zero-order chi connectivity index (χ0) is 13.2. The van der Waals surface area contributed by atoms with Gasteiger partial charge in [0.2, 0.25) is 0 Å². The lowest BCUT2D eigenvalue weighted by Gasteiger charge is -2.02. The van der Waals surface area contributed by atoms with Crippen LogP contribution in [0.1, 0.15) is 0 Å². The Hall–Kier alpha value is -2.56. The molecule has 0 saturated carbocycles. The van der Waals surface area contributed by atoms with Crippen LogP contribution in [0.15, 0.2) is 54.9 Å². The van der Waals surface area contributed by atoms with Crippen LogP contribution < -0.4 is 0 Å². The van der Waals surface area contributed by atoms with Gasteiger partial charge in [-0.25, -0.2) is 13.5 Å². The second kappa shape index (κ2) is 4.61. The second-order valence-corrected chi connectivity index (χ2v) is 3.96. The maximum atomic E-state index is 13.6. The summed E-state index contributed by atoms with van der Waals surface area (Å²) in [6.07, 6.45) is 3.27. The van der Waals surface area contributed by atoms with E-state index >= 15 is 0 Å². The summed E-state index contributed by atoms with van der Waals surface area (Å²) in [7, 11) is 0. The van der Waals surface area contributed by atoms with Gasteiger partial charge in [0, 0.05) is 18.5 Å². The van der Waals surface area contributed by atoms with E-state index in [1.807, 2.05) is 12.1 Å². The molecule has 3 nitrogen and oxygen atoms in total. The van der Waals surface area contributed by atoms with Crippen LogP contribution in [0, 0.1) is 11.6 Å². The van der Waals surface area contributed by atoms with Crippen molar-refractivity contribution in [2.75, 3.05) is 0 Å². The number of hydrogen-bond donors (Lipinski definition) is 0. The molecule has 0 fully saturated rings. The molecule has 0 N–H and O–H groups in total. The zero-order valence-corrected chi connectivity index (χ0v) is 9.79. The molecular formula is C14H9F2N3. The summed E-state index contributed by atoms with van der Waals surface area (Å²) in [4.78, 5) is 4.16. The molecule has 19 heavy (non-hydrogen) atoms. The third-order valence-corrected chi connectivity index (χ3v) is 2.67. The quantitative estimate of drug-likeness (QED) is 0.705. The van der Waals surface area contributed by atoms with E-state index in [-0.39, 0.29) is 5.69 Å². The number of rotatable bonds is 2. The van der Waals surface area contributed by atoms with E-state index in [2.05, 4.69) is 10.1 Å². The Bertz CT molecular complexity index is 708. The van der Waals surface area contributed by atoms with E-state index in [0.29, 0.717) is 11.4 Å². The number of hydrogen-bond acceptors (Lipinski definition) is 2. The van der Waals surface area contributed by atoms with Gasteiger partial charge in [0.15, 0.2) is 5.82 Å². The smallest absolute Gasteiger partial charge is 0.151 e. The molecule has 5 heteroatoms. The summed E-state index contributed by atoms with van der Waals surface area (Å²) in [5.41, 5.74) is 1.52. The Balaban J connectivity index is 2.02. The Labute approximate surface area is 108 Å². The lowest BCUT2D eigenvalue weighted by Crippen LogP contribution is -1.99. The average molecular weight is 257 g/mol. The lowest BCUT2D eigenvalue weighted by molar-refractivity contribution is 0.574. The Morgan fingerprint density at radius 3 is 2.58 bits per heavy atom. The molecule has 94 valence electrons. The van der Waals surface area contributed by atoms with E-state index in [0.717, 1.165) is 6.07 Å². The van der Waals surface area contributed by atoms with Gasteiger partial charge in [0.05, 0.1) is 5.69 Å². The number of benzene rings is 1. The third-order valence-electron chi connectivity index (χ3n) is 2.67. The molecule has 2 heterocycles. The topological polar surface area (TPSA) is 30.7 Å². The van der Waals surface area contributed by atoms with Crippen LogP contribution in [0.4, 0.5) is 8.78 Å². The molecule has 2 aromatic heterocycles. The van der Waals surface area contributed by atoms with Crippen molar-refractivity contribution in [1.82, 2.24) is 14.8 Å². The molecule has 0 amide bonds. The molecule has 0 atom stereocenters. The van der Waals surface area contributed by atoms with E-state index < -0.39 is 11.6 Å². The van der Waals surface area contributed by atoms with Crippen LogP contribution >= 0.6 is 0 Å². The van der Waals surface area contributed by atoms with Crippen LogP contribution in [0.2, 0.25) is 0 Å². The molecular weight excluding hydrogens is 248 g/mol. The van der Waals surface area contributed by atoms with Crippen molar-refractivity contribution in [3.8, 4) is 17.1 Å². The average Bonchev–Trinajstić information content (AvgIpc) is 2.89. The minimum absolute atomic E-state index is 0.198. The van der Waals surface area contributed by atoms with Crippen LogP contribution in [0.5, 0.6) is 0 Å². The van der Waals surface area contributed by atoms with Gasteiger partial charge in [0.1, 0.15) is 17.2 Å². The van der Waals surface area contributed by atoms with E-state index in [4.69, 9.17) is 0 Å². The fourth-order valence-corrected chi connectivity index (χ4v) is 1.78. The first-order valence-corrected chi connectivity index (χ1v) is 5.66. The molecule has 0 bridgehead atoms. The zero-order valence-electron chi connectivity index (χ0n) is 9.79. The molecule has 0 aliphatic heterocycles. The van der Waals surface area contributed by atoms with Crippen LogP contribution in [-0.4, -0.2) is 14.8 Å². The summed E-state index contributed by atoms with van der Waals surface area (Å²) in [6, 6.07) is 10.6. The van der Waals surface area contributed by atoms with Crippen LogP contribution in [0.25, 0.3) is 17.1 Å². The predicted octanol–water partition coefficient (Wildman–Crippen LogP) is 3.21. The van der Waals surface area contributed by atoms with Gasteiger partial charge < -0.3 is 0 Å². The van der Waals surface area contributed by atoms with Gasteiger partial charge >= 0.3 is 0 Å². The monoisotopic (exact) mass is 257 g/mol. The maximum absolute atomic E-state index is 13.6. The van der Waals surface area contributed by atoms with Gasteiger partial charge in [-0.1, -0.05) is 6.07 Å². The highest BCUT2D eigenvalue weighted by Crippen LogP contribution is 2.18. The van der Waals surface area contributed by atoms with Crippen LogP contribution in [-0.2, 0) is 0 Å². The van der Waals surface area contributed by atoms with Gasteiger partial charge in [0.25, 0.3) is 0 Å². The van der Waals surface area contributed by atoms with Gasteiger partial charge in [-0.15, -0.1) is 0 Å². The Morgan fingerprint density at radius 1 is 0.947 bits per heavy atom. The maximum Gasteiger partial charge on any atom is 0.151 e. The molecule has 1 aromatic carbocycles. The number of aromatic nitrogens is 3. The summed E-state index contributed by atoms with van der Waals surface area (Å²) in [5, 5.41) is 4.23. The lowest BCUT2D eigenvalue weighted by atomic mass is 10.3. The van der Waals surface area contributed by atoms with Crippen molar-refractivity contribution in [1.29, 1.82) is 0 Å². The number of pyridine rings is 1. The molecule has 0 unspecified atom stereocenters. The largest absolute Gasteiger partial charge is 0.255 e. The molecule has 0 saturated heterocycles. The van der Waals surface area contributed by atoms with E-state index in [9.17, 15) is 8.78 Å². The van der Waals surface area contributed by atoms with E-state index in [1.54, 1.807) is 24.5 Å². The minimum Gasteiger partial charge on any atom is -0.255 e. The van der Waals surface area contributed by atoms with Crippen LogP contribution in [0.3, 0.4) is 0 Å². The Morgan fingerprint density at radius 2 is 1.84 bits per heavy atom. The fraction of sp³-hybridized carbons (Fsp3) is 0. The standard InChI is InChI=1S/C14H9F2N3/c15-10-4-5-14(11(16)9-10)19-8-6-13(18-19)12-3-1-2-7-17-12/h1-9H. The predicted molar refractivity (Wildman–Crippen MR) is 66.7 cm³/mol. The van der Waals surface area contributed by atoms with Crippen molar-refractivity contribution >= 4 is 0 Å². The molecule has 0 spiro atoms. The first-order valence-electron chi connectivity index (χ1n) is 5.66. The SMILES string of the molecule is Fc1ccc(-n2ccc(-c3ccccn3)n2)c(F)c1. The van der Waals surface area contributed by atoms with Crippen molar-refractivity contribution in [3.63, 3.8) is 0 Å². The summed E-state index contributed by atoms with van der Waals surface area (Å²) in [5.74, 6) is -1.27. The summed E-state index contributed by atoms with van der Waals surface area (Å²) in [6.45, 7) is 0. The van der Waals surface area contributed by atoms with Crippen molar-refractivity contribution < 1.29 is 8.78 Å². The first kappa shape index (κ1) is 11.5. The van der Waals surface area contributed by atoms with Crippen molar-refractivity contribution in [3.05, 3.63) is 66.5 Å². The van der Waals surface area contributed by atoms with E-state index in [1.165, 1.54) is 16.8 Å². The molecule has 3 rings (SSSR count). The molecule has 3 aromatic rings. The minimum atomic E-state index is -0.657. The Kier molecular flexibility index (Phi) is 2.79. The van der Waals surface area contributed by atoms with Crippen molar-refractivity contribution in [2.24, 2.45) is 0 Å². The normalized spacial score (nSPS) is 10.6. The number of nitrogens with zero attached hydrogens (tertiary/aromatic N) is 3. The molecule has 0 aliphatic carbocycles. The third kappa shape index (κ3) is 2.22. The highest BCUT2D eigenvalue weighted by atomic mass is 19.1. The highest BCUT2D eigenvalue weighted by Gasteiger charge is 2.09. The summed E-state index contributed by atoms with van der Waals surface area (Å²) < 4.78 is 27.8. The molecule has 0 radical (unpaired) electrons. The first-order chi connectivity index (χ1) is 9.24. The summed E-state index contributed by atoms with van der Waals surface area (Å²) >= 11 is 0. The van der Waals surface area contributed by atoms with Crippen molar-refractivity contribution in [2.45, 2.75) is 0 Å². The highest BCUT2D eigenvalue weighted by molar-refractivity contribution is 5.53. The second-order valence-electron chi connectivity index (χ2n) is 3.96. The van der Waals surface area contributed by atoms with Gasteiger partial charge in [-0.3, -0.25) is 4.98 Å². The number of halogens is 2. The molecule has 0 aliphatic rings. The van der Waals surface area contributed by atoms with Gasteiger partial charge in [-0.2, -0.15) is 5.10 Å². The fourth-order valence-electron chi connectivity index (χ4n) is 1.78. The van der Waals surface area contributed by atoms with Gasteiger partial charge in [-0.05, 0) is 30.3 Å².